The number of nitrogens with one attached hydrogen (secondary N) is 1. The summed E-state index contributed by atoms with van der Waals surface area (Å²) in [5.41, 5.74) is -2.23. The minimum Gasteiger partial charge on any atom is -0.496 e. The maximum absolute atomic E-state index is 13.9. The average Bonchev–Trinajstić information content (AvgIpc) is 2.50. The maximum atomic E-state index is 13.9. The molecular formula is C14H15F2NO5. The van der Waals surface area contributed by atoms with Crippen LogP contribution < -0.4 is 10.1 Å². The molecule has 1 aromatic rings. The number of carboxylic acids is 1. The largest absolute Gasteiger partial charge is 0.496 e. The van der Waals surface area contributed by atoms with Gasteiger partial charge in [-0.15, -0.1) is 0 Å². The van der Waals surface area contributed by atoms with Gasteiger partial charge in [-0.2, -0.15) is 0 Å². The predicted octanol–water partition coefficient (Wildman–Crippen LogP) is 1.34. The van der Waals surface area contributed by atoms with Gasteiger partial charge in [0, 0.05) is 26.1 Å². The Hall–Kier alpha value is -2.22. The van der Waals surface area contributed by atoms with E-state index in [-0.39, 0.29) is 31.8 Å². The molecule has 22 heavy (non-hydrogen) atoms. The molecule has 1 amide bonds. The lowest BCUT2D eigenvalue weighted by Crippen LogP contribution is -2.57. The summed E-state index contributed by atoms with van der Waals surface area (Å²) in [5, 5.41) is 11.7. The molecule has 0 aromatic heterocycles. The van der Waals surface area contributed by atoms with Gasteiger partial charge >= 0.3 is 5.97 Å². The molecule has 0 saturated carbocycles. The van der Waals surface area contributed by atoms with E-state index in [1.165, 1.54) is 7.11 Å². The van der Waals surface area contributed by atoms with Crippen LogP contribution in [0.15, 0.2) is 12.1 Å². The van der Waals surface area contributed by atoms with Crippen molar-refractivity contribution in [1.29, 1.82) is 0 Å². The number of carboxylic acid groups (broad SMARTS) is 1. The van der Waals surface area contributed by atoms with Gasteiger partial charge in [-0.3, -0.25) is 4.79 Å². The molecule has 0 unspecified atom stereocenters. The number of rotatable bonds is 4. The number of benzene rings is 1. The van der Waals surface area contributed by atoms with Gasteiger partial charge in [0.15, 0.2) is 11.6 Å². The fourth-order valence-corrected chi connectivity index (χ4v) is 2.31. The standard InChI is InChI=1S/C14H15F2NO5/c1-21-9-3-2-8(15)11(16)10(9)12(18)17-14(13(19)20)4-6-22-7-5-14/h2-3H,4-7H2,1H3,(H,17,18)(H,19,20). The number of amides is 1. The molecule has 8 heteroatoms. The van der Waals surface area contributed by atoms with Crippen LogP contribution in [0.2, 0.25) is 0 Å². The predicted molar refractivity (Wildman–Crippen MR) is 70.8 cm³/mol. The average molecular weight is 315 g/mol. The third kappa shape index (κ3) is 2.87. The van der Waals surface area contributed by atoms with Crippen LogP contribution in [0, 0.1) is 11.6 Å². The smallest absolute Gasteiger partial charge is 0.329 e. The van der Waals surface area contributed by atoms with Gasteiger partial charge < -0.3 is 19.9 Å². The summed E-state index contributed by atoms with van der Waals surface area (Å²) < 4.78 is 37.2. The first-order valence-corrected chi connectivity index (χ1v) is 6.57. The first-order valence-electron chi connectivity index (χ1n) is 6.57. The molecule has 0 aliphatic carbocycles. The van der Waals surface area contributed by atoms with Gasteiger partial charge in [0.2, 0.25) is 0 Å². The van der Waals surface area contributed by atoms with Crippen molar-refractivity contribution in [2.75, 3.05) is 20.3 Å². The number of carbonyl (C=O) groups is 2. The van der Waals surface area contributed by atoms with Crippen molar-refractivity contribution in [3.05, 3.63) is 29.3 Å². The van der Waals surface area contributed by atoms with Crippen LogP contribution >= 0.6 is 0 Å². The van der Waals surface area contributed by atoms with E-state index < -0.39 is 34.6 Å². The maximum Gasteiger partial charge on any atom is 0.329 e. The summed E-state index contributed by atoms with van der Waals surface area (Å²) in [6.45, 7) is 0.296. The Morgan fingerprint density at radius 3 is 2.50 bits per heavy atom. The van der Waals surface area contributed by atoms with Crippen LogP contribution in [0.1, 0.15) is 23.2 Å². The van der Waals surface area contributed by atoms with Gasteiger partial charge in [-0.05, 0) is 12.1 Å². The van der Waals surface area contributed by atoms with Crippen LogP contribution in [0.5, 0.6) is 5.75 Å². The van der Waals surface area contributed by atoms with E-state index in [0.717, 1.165) is 12.1 Å². The van der Waals surface area contributed by atoms with Gasteiger partial charge in [0.25, 0.3) is 5.91 Å². The van der Waals surface area contributed by atoms with E-state index in [0.29, 0.717) is 0 Å². The molecule has 0 radical (unpaired) electrons. The van der Waals surface area contributed by atoms with Crippen LogP contribution in [0.25, 0.3) is 0 Å². The highest BCUT2D eigenvalue weighted by Crippen LogP contribution is 2.26. The molecule has 6 nitrogen and oxygen atoms in total. The number of methoxy groups -OCH3 is 1. The second kappa shape index (κ2) is 6.27. The van der Waals surface area contributed by atoms with Gasteiger partial charge in [-0.1, -0.05) is 0 Å². The van der Waals surface area contributed by atoms with Crippen LogP contribution in [0.4, 0.5) is 8.78 Å². The Morgan fingerprint density at radius 2 is 1.95 bits per heavy atom. The third-order valence-electron chi connectivity index (χ3n) is 3.61. The Balaban J connectivity index is 2.36. The molecule has 0 bridgehead atoms. The molecule has 1 aliphatic heterocycles. The van der Waals surface area contributed by atoms with Crippen molar-refractivity contribution in [3.8, 4) is 5.75 Å². The van der Waals surface area contributed by atoms with Gasteiger partial charge in [0.1, 0.15) is 16.9 Å². The number of aliphatic carboxylic acids is 1. The SMILES string of the molecule is COc1ccc(F)c(F)c1C(=O)NC1(C(=O)O)CCOCC1. The van der Waals surface area contributed by atoms with Crippen LogP contribution in [-0.4, -0.2) is 42.8 Å². The molecule has 1 saturated heterocycles. The van der Waals surface area contributed by atoms with Crippen molar-refractivity contribution >= 4 is 11.9 Å². The second-order valence-electron chi connectivity index (χ2n) is 4.89. The Kier molecular flexibility index (Phi) is 4.60. The zero-order valence-corrected chi connectivity index (χ0v) is 11.8. The molecule has 2 N–H and O–H groups in total. The minimum absolute atomic E-state index is 0.0350. The van der Waals surface area contributed by atoms with Gasteiger partial charge in [0.05, 0.1) is 7.11 Å². The van der Waals surface area contributed by atoms with Crippen molar-refractivity contribution in [1.82, 2.24) is 5.32 Å². The zero-order chi connectivity index (χ0) is 16.3. The molecule has 0 atom stereocenters. The van der Waals surface area contributed by atoms with Crippen molar-refractivity contribution in [2.24, 2.45) is 0 Å². The molecule has 1 fully saturated rings. The number of hydrogen-bond donors (Lipinski definition) is 2. The molecule has 0 spiro atoms. The quantitative estimate of drug-likeness (QED) is 0.876. The van der Waals surface area contributed by atoms with E-state index >= 15 is 0 Å². The highest BCUT2D eigenvalue weighted by Gasteiger charge is 2.42. The van der Waals surface area contributed by atoms with Crippen molar-refractivity contribution in [3.63, 3.8) is 0 Å². The Bertz CT molecular complexity index is 599. The number of ether oxygens (including phenoxy) is 2. The highest BCUT2D eigenvalue weighted by molar-refractivity contribution is 6.00. The van der Waals surface area contributed by atoms with Crippen molar-refractivity contribution < 1.29 is 33.0 Å². The normalized spacial score (nSPS) is 16.9. The Morgan fingerprint density at radius 1 is 1.32 bits per heavy atom. The molecule has 2 rings (SSSR count). The summed E-state index contributed by atoms with van der Waals surface area (Å²) >= 11 is 0. The van der Waals surface area contributed by atoms with E-state index in [1.807, 2.05) is 0 Å². The third-order valence-corrected chi connectivity index (χ3v) is 3.61. The van der Waals surface area contributed by atoms with E-state index in [9.17, 15) is 23.5 Å². The molecule has 120 valence electrons. The highest BCUT2D eigenvalue weighted by atomic mass is 19.2. The summed E-state index contributed by atoms with van der Waals surface area (Å²) in [6.07, 6.45) is 0.0701. The summed E-state index contributed by atoms with van der Waals surface area (Å²) in [4.78, 5) is 23.8. The number of halogens is 2. The monoisotopic (exact) mass is 315 g/mol. The first kappa shape index (κ1) is 16.2. The second-order valence-corrected chi connectivity index (χ2v) is 4.89. The summed E-state index contributed by atoms with van der Waals surface area (Å²) in [7, 11) is 1.20. The summed E-state index contributed by atoms with van der Waals surface area (Å²) in [6, 6.07) is 1.93. The van der Waals surface area contributed by atoms with Crippen LogP contribution in [-0.2, 0) is 9.53 Å². The van der Waals surface area contributed by atoms with Crippen molar-refractivity contribution in [2.45, 2.75) is 18.4 Å². The molecule has 1 aliphatic rings. The first-order chi connectivity index (χ1) is 10.4. The lowest BCUT2D eigenvalue weighted by Gasteiger charge is -2.34. The Labute approximate surface area is 125 Å². The van der Waals surface area contributed by atoms with Crippen LogP contribution in [0.3, 0.4) is 0 Å². The van der Waals surface area contributed by atoms with E-state index in [4.69, 9.17) is 9.47 Å². The lowest BCUT2D eigenvalue weighted by atomic mass is 9.89. The van der Waals surface area contributed by atoms with Gasteiger partial charge in [-0.25, -0.2) is 13.6 Å². The fraction of sp³-hybridized carbons (Fsp3) is 0.429. The molecule has 1 aromatic carbocycles. The lowest BCUT2D eigenvalue weighted by molar-refractivity contribution is -0.148. The van der Waals surface area contributed by atoms with E-state index in [1.54, 1.807) is 0 Å². The molecule has 1 heterocycles. The summed E-state index contributed by atoms with van der Waals surface area (Å²) in [5.74, 6) is -5.08. The fourth-order valence-electron chi connectivity index (χ4n) is 2.31. The number of carbonyl (C=O) groups excluding carboxylic acids is 1. The number of hydrogen-bond acceptors (Lipinski definition) is 4. The topological polar surface area (TPSA) is 84.9 Å². The molecular weight excluding hydrogens is 300 g/mol. The minimum atomic E-state index is -1.57. The zero-order valence-electron chi connectivity index (χ0n) is 11.8. The van der Waals surface area contributed by atoms with E-state index in [2.05, 4.69) is 5.32 Å².